The molecule has 1 aromatic rings. The first-order chi connectivity index (χ1) is 9.31. The number of aromatic nitrogens is 1. The van der Waals surface area contributed by atoms with Crippen LogP contribution in [0.2, 0.25) is 0 Å². The van der Waals surface area contributed by atoms with E-state index in [1.165, 1.54) is 12.8 Å². The number of urea groups is 1. The number of nitrogens with one attached hydrogen (secondary N) is 1. The summed E-state index contributed by atoms with van der Waals surface area (Å²) in [4.78, 5) is 18.6. The van der Waals surface area contributed by atoms with Gasteiger partial charge in [-0.05, 0) is 31.4 Å². The highest BCUT2D eigenvalue weighted by Crippen LogP contribution is 2.24. The smallest absolute Gasteiger partial charge is 0.318 e. The van der Waals surface area contributed by atoms with Gasteiger partial charge in [0.15, 0.2) is 0 Å². The molecule has 2 amide bonds. The van der Waals surface area contributed by atoms with Crippen LogP contribution >= 0.6 is 0 Å². The van der Waals surface area contributed by atoms with Gasteiger partial charge < -0.3 is 10.2 Å². The molecule has 0 radical (unpaired) electrons. The molecule has 1 aromatic heterocycles. The fourth-order valence-electron chi connectivity index (χ4n) is 2.58. The Kier molecular flexibility index (Phi) is 5.19. The van der Waals surface area contributed by atoms with Crippen LogP contribution in [-0.2, 0) is 6.54 Å². The lowest BCUT2D eigenvalue weighted by Gasteiger charge is -2.28. The molecule has 1 fully saturated rings. The lowest BCUT2D eigenvalue weighted by molar-refractivity contribution is 0.170. The van der Waals surface area contributed by atoms with Crippen LogP contribution in [0.4, 0.5) is 4.79 Å². The maximum atomic E-state index is 12.3. The number of rotatable bonds is 5. The molecule has 0 bridgehead atoms. The zero-order chi connectivity index (χ0) is 13.5. The average Bonchev–Trinajstić information content (AvgIpc) is 2.97. The van der Waals surface area contributed by atoms with Gasteiger partial charge in [-0.25, -0.2) is 4.79 Å². The first-order valence-corrected chi connectivity index (χ1v) is 7.25. The largest absolute Gasteiger partial charge is 0.338 e. The third-order valence-electron chi connectivity index (χ3n) is 3.61. The summed E-state index contributed by atoms with van der Waals surface area (Å²) in [6, 6.07) is 6.28. The predicted octanol–water partition coefficient (Wildman–Crippen LogP) is 2.95. The third-order valence-corrected chi connectivity index (χ3v) is 3.61. The van der Waals surface area contributed by atoms with Crippen molar-refractivity contribution in [2.75, 3.05) is 6.54 Å². The molecule has 2 rings (SSSR count). The van der Waals surface area contributed by atoms with Crippen molar-refractivity contribution >= 4 is 6.03 Å². The van der Waals surface area contributed by atoms with Crippen LogP contribution < -0.4 is 5.32 Å². The topological polar surface area (TPSA) is 45.2 Å². The summed E-state index contributed by atoms with van der Waals surface area (Å²) in [5.41, 5.74) is 0.959. The van der Waals surface area contributed by atoms with Crippen LogP contribution in [0.5, 0.6) is 0 Å². The van der Waals surface area contributed by atoms with Crippen LogP contribution in [0.25, 0.3) is 0 Å². The Morgan fingerprint density at radius 3 is 2.84 bits per heavy atom. The summed E-state index contributed by atoms with van der Waals surface area (Å²) < 4.78 is 0. The highest BCUT2D eigenvalue weighted by molar-refractivity contribution is 5.74. The molecule has 104 valence electrons. The molecule has 4 nitrogen and oxygen atoms in total. The highest BCUT2D eigenvalue weighted by atomic mass is 16.2. The van der Waals surface area contributed by atoms with Gasteiger partial charge in [0, 0.05) is 18.8 Å². The van der Waals surface area contributed by atoms with Gasteiger partial charge in [-0.3, -0.25) is 4.98 Å². The SMILES string of the molecule is CCCNC(=O)N(Cc1ccccn1)C1CCCC1. The van der Waals surface area contributed by atoms with Crippen LogP contribution in [-0.4, -0.2) is 28.5 Å². The molecule has 1 saturated carbocycles. The second kappa shape index (κ2) is 7.12. The van der Waals surface area contributed by atoms with E-state index in [9.17, 15) is 4.79 Å². The Balaban J connectivity index is 2.03. The van der Waals surface area contributed by atoms with Crippen molar-refractivity contribution in [1.29, 1.82) is 0 Å². The first kappa shape index (κ1) is 13.8. The van der Waals surface area contributed by atoms with E-state index in [1.54, 1.807) is 6.20 Å². The summed E-state index contributed by atoms with van der Waals surface area (Å²) in [7, 11) is 0. The van der Waals surface area contributed by atoms with Gasteiger partial charge in [-0.1, -0.05) is 25.8 Å². The molecule has 4 heteroatoms. The third kappa shape index (κ3) is 3.94. The zero-order valence-electron chi connectivity index (χ0n) is 11.6. The summed E-state index contributed by atoms with van der Waals surface area (Å²) >= 11 is 0. The predicted molar refractivity (Wildman–Crippen MR) is 75.7 cm³/mol. The monoisotopic (exact) mass is 261 g/mol. The summed E-state index contributed by atoms with van der Waals surface area (Å²) in [5, 5.41) is 2.99. The fourth-order valence-corrected chi connectivity index (χ4v) is 2.58. The van der Waals surface area contributed by atoms with E-state index in [-0.39, 0.29) is 6.03 Å². The van der Waals surface area contributed by atoms with Gasteiger partial charge >= 0.3 is 6.03 Å². The molecule has 19 heavy (non-hydrogen) atoms. The number of hydrogen-bond donors (Lipinski definition) is 1. The van der Waals surface area contributed by atoms with Gasteiger partial charge in [0.05, 0.1) is 12.2 Å². The molecule has 1 aliphatic rings. The quantitative estimate of drug-likeness (QED) is 0.885. The van der Waals surface area contributed by atoms with Gasteiger partial charge in [-0.2, -0.15) is 0 Å². The summed E-state index contributed by atoms with van der Waals surface area (Å²) in [6.45, 7) is 3.42. The minimum absolute atomic E-state index is 0.0550. The van der Waals surface area contributed by atoms with E-state index in [4.69, 9.17) is 0 Å². The van der Waals surface area contributed by atoms with Crippen molar-refractivity contribution in [3.63, 3.8) is 0 Å². The van der Waals surface area contributed by atoms with E-state index in [0.717, 1.165) is 31.5 Å². The maximum absolute atomic E-state index is 12.3. The lowest BCUT2D eigenvalue weighted by atomic mass is 10.2. The van der Waals surface area contributed by atoms with E-state index >= 15 is 0 Å². The Hall–Kier alpha value is -1.58. The number of amides is 2. The minimum Gasteiger partial charge on any atom is -0.338 e. The molecule has 0 aliphatic heterocycles. The average molecular weight is 261 g/mol. The maximum Gasteiger partial charge on any atom is 0.318 e. The Labute approximate surface area is 115 Å². The number of pyridine rings is 1. The standard InChI is InChI=1S/C15H23N3O/c1-2-10-17-15(19)18(14-8-3-4-9-14)12-13-7-5-6-11-16-13/h5-7,11,14H,2-4,8-10,12H2,1H3,(H,17,19). The van der Waals surface area contributed by atoms with E-state index in [2.05, 4.69) is 17.2 Å². The number of nitrogens with zero attached hydrogens (tertiary/aromatic N) is 2. The Morgan fingerprint density at radius 2 is 2.21 bits per heavy atom. The van der Waals surface area contributed by atoms with Gasteiger partial charge in [-0.15, -0.1) is 0 Å². The van der Waals surface area contributed by atoms with Gasteiger partial charge in [0.1, 0.15) is 0 Å². The van der Waals surface area contributed by atoms with Gasteiger partial charge in [0.25, 0.3) is 0 Å². The van der Waals surface area contributed by atoms with Crippen LogP contribution in [0.15, 0.2) is 24.4 Å². The van der Waals surface area contributed by atoms with Crippen LogP contribution in [0.3, 0.4) is 0 Å². The van der Waals surface area contributed by atoms with Crippen molar-refractivity contribution in [1.82, 2.24) is 15.2 Å². The molecule has 1 heterocycles. The number of carbonyl (C=O) groups excluding carboxylic acids is 1. The van der Waals surface area contributed by atoms with Crippen molar-refractivity contribution in [3.05, 3.63) is 30.1 Å². The Bertz CT molecular complexity index is 388. The molecule has 0 atom stereocenters. The van der Waals surface area contributed by atoms with Crippen molar-refractivity contribution in [2.24, 2.45) is 0 Å². The zero-order valence-corrected chi connectivity index (χ0v) is 11.6. The van der Waals surface area contributed by atoms with Crippen molar-refractivity contribution in [2.45, 2.75) is 51.6 Å². The minimum atomic E-state index is 0.0550. The fraction of sp³-hybridized carbons (Fsp3) is 0.600. The second-order valence-corrected chi connectivity index (χ2v) is 5.12. The molecule has 1 aliphatic carbocycles. The second-order valence-electron chi connectivity index (χ2n) is 5.12. The number of carbonyl (C=O) groups is 1. The lowest BCUT2D eigenvalue weighted by Crippen LogP contribution is -2.45. The van der Waals surface area contributed by atoms with E-state index in [0.29, 0.717) is 12.6 Å². The van der Waals surface area contributed by atoms with Crippen molar-refractivity contribution < 1.29 is 4.79 Å². The molecule has 0 unspecified atom stereocenters. The van der Waals surface area contributed by atoms with E-state index < -0.39 is 0 Å². The molecule has 1 N–H and O–H groups in total. The molecular weight excluding hydrogens is 238 g/mol. The molecule has 0 saturated heterocycles. The molecule has 0 spiro atoms. The Morgan fingerprint density at radius 1 is 1.42 bits per heavy atom. The normalized spacial score (nSPS) is 15.4. The van der Waals surface area contributed by atoms with Gasteiger partial charge in [0.2, 0.25) is 0 Å². The van der Waals surface area contributed by atoms with Crippen molar-refractivity contribution in [3.8, 4) is 0 Å². The first-order valence-electron chi connectivity index (χ1n) is 7.25. The van der Waals surface area contributed by atoms with E-state index in [1.807, 2.05) is 23.1 Å². The number of hydrogen-bond acceptors (Lipinski definition) is 2. The summed E-state index contributed by atoms with van der Waals surface area (Å²) in [6.07, 6.45) is 7.44. The molecule has 0 aromatic carbocycles. The summed E-state index contributed by atoms with van der Waals surface area (Å²) in [5.74, 6) is 0. The van der Waals surface area contributed by atoms with Crippen LogP contribution in [0, 0.1) is 0 Å². The van der Waals surface area contributed by atoms with Crippen LogP contribution in [0.1, 0.15) is 44.7 Å². The molecular formula is C15H23N3O. The highest BCUT2D eigenvalue weighted by Gasteiger charge is 2.26.